The maximum Gasteiger partial charge on any atom is 0.275 e. The Morgan fingerprint density at radius 2 is 2.24 bits per heavy atom. The lowest BCUT2D eigenvalue weighted by molar-refractivity contribution is 0.0759. The first-order chi connectivity index (χ1) is 13.9. The largest absolute Gasteiger partial charge is 0.481 e. The van der Waals surface area contributed by atoms with E-state index in [1.165, 1.54) is 17.7 Å². The molecule has 2 aromatic rings. The van der Waals surface area contributed by atoms with Crippen molar-refractivity contribution in [2.75, 3.05) is 18.5 Å². The number of thiazole rings is 1. The normalized spacial score (nSPS) is 13.6. The maximum atomic E-state index is 14.1. The van der Waals surface area contributed by atoms with E-state index in [-0.39, 0.29) is 35.9 Å². The first-order valence-electron chi connectivity index (χ1n) is 8.36. The van der Waals surface area contributed by atoms with Gasteiger partial charge < -0.3 is 20.3 Å². The summed E-state index contributed by atoms with van der Waals surface area (Å²) in [6, 6.07) is 0. The number of nitrogens with one attached hydrogen (secondary N) is 1. The van der Waals surface area contributed by atoms with Crippen LogP contribution in [0.15, 0.2) is 42.0 Å². The third kappa shape index (κ3) is 6.26. The zero-order valence-electron chi connectivity index (χ0n) is 15.4. The zero-order valence-corrected chi connectivity index (χ0v) is 17.0. The third-order valence-electron chi connectivity index (χ3n) is 3.48. The van der Waals surface area contributed by atoms with Crippen molar-refractivity contribution >= 4 is 40.0 Å². The summed E-state index contributed by atoms with van der Waals surface area (Å²) in [6.45, 7) is 4.21. The molecule has 7 nitrogen and oxygen atoms in total. The Hall–Kier alpha value is -2.47. The minimum Gasteiger partial charge on any atom is -0.481 e. The summed E-state index contributed by atoms with van der Waals surface area (Å²) in [6.07, 6.45) is 2.89. The number of allylic oxidation sites excluding steroid dienone is 5. The lowest BCUT2D eigenvalue weighted by Gasteiger charge is -2.09. The summed E-state index contributed by atoms with van der Waals surface area (Å²) >= 11 is 1.92. The van der Waals surface area contributed by atoms with Crippen LogP contribution in [0.25, 0.3) is 5.57 Å². The first kappa shape index (κ1) is 22.8. The van der Waals surface area contributed by atoms with Gasteiger partial charge in [-0.3, -0.25) is 4.79 Å². The van der Waals surface area contributed by atoms with E-state index in [2.05, 4.69) is 21.3 Å². The highest BCUT2D eigenvalue weighted by Gasteiger charge is 2.20. The molecule has 0 aliphatic carbocycles. The second-order valence-corrected chi connectivity index (χ2v) is 7.27. The molecule has 2 heterocycles. The molecular weight excluding hydrogens is 424 g/mol. The molecule has 0 bridgehead atoms. The van der Waals surface area contributed by atoms with Crippen LogP contribution in [0.3, 0.4) is 0 Å². The monoisotopic (exact) mass is 443 g/mol. The molecule has 11 heteroatoms. The molecule has 0 aromatic carbocycles. The van der Waals surface area contributed by atoms with Gasteiger partial charge in [-0.15, -0.1) is 11.3 Å². The number of carbonyl (C=O) groups is 1. The standard InChI is InChI=1S/C18H19F2N3O4S2/c1-3-4-12(20)15(10(2)19)17-23-14(9-28-17)16(26)22-13-7-21-29-18(13)27-6-5-11(25)8-24/h3-4,7,9,11,24-25H,1,5-6,8H2,2H3,(H,22,26)/b12-4+,15-10-. The zero-order chi connectivity index (χ0) is 21.4. The van der Waals surface area contributed by atoms with Crippen LogP contribution in [0.2, 0.25) is 0 Å². The molecule has 0 fully saturated rings. The third-order valence-corrected chi connectivity index (χ3v) is 5.05. The van der Waals surface area contributed by atoms with E-state index in [1.54, 1.807) is 0 Å². The second kappa shape index (κ2) is 10.9. The molecule has 0 saturated carbocycles. The second-order valence-electron chi connectivity index (χ2n) is 5.65. The topological polar surface area (TPSA) is 105 Å². The predicted molar refractivity (Wildman–Crippen MR) is 108 cm³/mol. The molecule has 156 valence electrons. The summed E-state index contributed by atoms with van der Waals surface area (Å²) in [7, 11) is 0. The molecule has 2 aromatic heterocycles. The number of carbonyl (C=O) groups excluding carboxylic acids is 1. The van der Waals surface area contributed by atoms with E-state index in [4.69, 9.17) is 9.84 Å². The van der Waals surface area contributed by atoms with Crippen molar-refractivity contribution in [1.29, 1.82) is 0 Å². The number of aliphatic hydroxyl groups excluding tert-OH is 2. The van der Waals surface area contributed by atoms with Crippen LogP contribution < -0.4 is 10.1 Å². The number of ether oxygens (including phenoxy) is 1. The van der Waals surface area contributed by atoms with Gasteiger partial charge in [-0.1, -0.05) is 12.7 Å². The molecule has 1 atom stereocenters. The first-order valence-corrected chi connectivity index (χ1v) is 10.0. The highest BCUT2D eigenvalue weighted by Crippen LogP contribution is 2.32. The summed E-state index contributed by atoms with van der Waals surface area (Å²) in [4.78, 5) is 16.5. The Bertz CT molecular complexity index is 920. The van der Waals surface area contributed by atoms with Gasteiger partial charge in [-0.05, 0) is 13.0 Å². The number of nitrogens with zero attached hydrogens (tertiary/aromatic N) is 2. The highest BCUT2D eigenvalue weighted by atomic mass is 32.1. The number of hydrogen-bond donors (Lipinski definition) is 3. The predicted octanol–water partition coefficient (Wildman–Crippen LogP) is 3.71. The van der Waals surface area contributed by atoms with Gasteiger partial charge in [0.1, 0.15) is 28.0 Å². The molecular formula is C18H19F2N3O4S2. The quantitative estimate of drug-likeness (QED) is 0.484. The number of halogens is 2. The molecule has 2 rings (SSSR count). The van der Waals surface area contributed by atoms with Gasteiger partial charge in [0.05, 0.1) is 31.1 Å². The van der Waals surface area contributed by atoms with E-state index in [1.807, 2.05) is 0 Å². The molecule has 0 spiro atoms. The van der Waals surface area contributed by atoms with Crippen LogP contribution in [0.4, 0.5) is 14.5 Å². The number of rotatable bonds is 10. The minimum atomic E-state index is -0.897. The van der Waals surface area contributed by atoms with E-state index in [9.17, 15) is 18.7 Å². The van der Waals surface area contributed by atoms with Crippen molar-refractivity contribution in [3.63, 3.8) is 0 Å². The highest BCUT2D eigenvalue weighted by molar-refractivity contribution is 7.11. The Morgan fingerprint density at radius 1 is 1.48 bits per heavy atom. The Kier molecular flexibility index (Phi) is 8.58. The molecule has 0 radical (unpaired) electrons. The van der Waals surface area contributed by atoms with Gasteiger partial charge in [0, 0.05) is 23.3 Å². The number of aliphatic hydroxyl groups is 2. The van der Waals surface area contributed by atoms with E-state index in [0.717, 1.165) is 35.9 Å². The SMILES string of the molecule is C=C/C=C(F)\C(=C(/C)F)c1nc(C(=O)Nc2cnsc2OCCC(O)CO)cs1. The van der Waals surface area contributed by atoms with Crippen molar-refractivity contribution in [2.45, 2.75) is 19.4 Å². The van der Waals surface area contributed by atoms with Crippen LogP contribution in [0, 0.1) is 0 Å². The molecule has 1 unspecified atom stereocenters. The van der Waals surface area contributed by atoms with Crippen LogP contribution in [-0.4, -0.2) is 44.8 Å². The summed E-state index contributed by atoms with van der Waals surface area (Å²) in [5, 5.41) is 22.4. The van der Waals surface area contributed by atoms with Gasteiger partial charge in [0.25, 0.3) is 5.91 Å². The molecule has 29 heavy (non-hydrogen) atoms. The number of aromatic nitrogens is 2. The average Bonchev–Trinajstić information content (AvgIpc) is 3.31. The Labute approximate surface area is 173 Å². The number of amides is 1. The lowest BCUT2D eigenvalue weighted by Crippen LogP contribution is -2.16. The maximum absolute atomic E-state index is 14.1. The molecule has 0 aliphatic heterocycles. The fourth-order valence-electron chi connectivity index (χ4n) is 2.08. The van der Waals surface area contributed by atoms with Gasteiger partial charge >= 0.3 is 0 Å². The van der Waals surface area contributed by atoms with Gasteiger partial charge in [0.2, 0.25) is 5.06 Å². The lowest BCUT2D eigenvalue weighted by atomic mass is 10.2. The van der Waals surface area contributed by atoms with Gasteiger partial charge in [-0.2, -0.15) is 4.37 Å². The van der Waals surface area contributed by atoms with Gasteiger partial charge in [-0.25, -0.2) is 13.8 Å². The Balaban J connectivity index is 2.10. The number of anilines is 1. The fourth-order valence-corrected chi connectivity index (χ4v) is 3.56. The van der Waals surface area contributed by atoms with Crippen molar-refractivity contribution in [2.24, 2.45) is 0 Å². The van der Waals surface area contributed by atoms with Gasteiger partial charge in [0.15, 0.2) is 0 Å². The fraction of sp³-hybridized carbons (Fsp3) is 0.278. The van der Waals surface area contributed by atoms with Crippen LogP contribution in [0.1, 0.15) is 28.8 Å². The van der Waals surface area contributed by atoms with Crippen LogP contribution in [0.5, 0.6) is 5.06 Å². The minimum absolute atomic E-state index is 0.0173. The molecule has 3 N–H and O–H groups in total. The van der Waals surface area contributed by atoms with E-state index < -0.39 is 23.7 Å². The van der Waals surface area contributed by atoms with E-state index in [0.29, 0.717) is 10.8 Å². The molecule has 1 amide bonds. The van der Waals surface area contributed by atoms with Crippen molar-refractivity contribution in [3.05, 3.63) is 52.7 Å². The summed E-state index contributed by atoms with van der Waals surface area (Å²) in [5.41, 5.74) is -0.0659. The average molecular weight is 443 g/mol. The molecule has 0 saturated heterocycles. The molecule has 0 aliphatic rings. The summed E-state index contributed by atoms with van der Waals surface area (Å²) < 4.78 is 37.2. The Morgan fingerprint density at radius 3 is 2.90 bits per heavy atom. The van der Waals surface area contributed by atoms with Crippen LogP contribution >= 0.6 is 22.9 Å². The van der Waals surface area contributed by atoms with E-state index >= 15 is 0 Å². The smallest absolute Gasteiger partial charge is 0.275 e. The van der Waals surface area contributed by atoms with Crippen molar-refractivity contribution < 1.29 is 28.5 Å². The van der Waals surface area contributed by atoms with Crippen molar-refractivity contribution in [1.82, 2.24) is 9.36 Å². The van der Waals surface area contributed by atoms with Crippen LogP contribution in [-0.2, 0) is 0 Å². The summed E-state index contributed by atoms with van der Waals surface area (Å²) in [5.74, 6) is -2.22. The number of hydrogen-bond acceptors (Lipinski definition) is 8. The van der Waals surface area contributed by atoms with Crippen molar-refractivity contribution in [3.8, 4) is 5.06 Å².